The Morgan fingerprint density at radius 2 is 1.81 bits per heavy atom. The second-order valence-electron chi connectivity index (χ2n) is 4.74. The summed E-state index contributed by atoms with van der Waals surface area (Å²) in [6.45, 7) is 2.62. The van der Waals surface area contributed by atoms with Crippen LogP contribution in [0, 0.1) is 0 Å². The standard InChI is InChI=1S/C16H19Cl2N3/c17-14-7-5-6-13(16(14)18)12-19-9-3-4-11-21-15-8-1-2-10-20-15/h1-2,5-8,10,19H,3-4,9,11-12H2,(H,20,21). The molecule has 1 aromatic heterocycles. The summed E-state index contributed by atoms with van der Waals surface area (Å²) in [5.41, 5.74) is 1.04. The lowest BCUT2D eigenvalue weighted by atomic mass is 10.2. The molecular weight excluding hydrogens is 305 g/mol. The van der Waals surface area contributed by atoms with E-state index >= 15 is 0 Å². The van der Waals surface area contributed by atoms with Gasteiger partial charge in [-0.2, -0.15) is 0 Å². The third-order valence-corrected chi connectivity index (χ3v) is 3.96. The fraction of sp³-hybridized carbons (Fsp3) is 0.312. The summed E-state index contributed by atoms with van der Waals surface area (Å²) in [6, 6.07) is 11.6. The van der Waals surface area contributed by atoms with Gasteiger partial charge in [-0.05, 0) is 43.1 Å². The van der Waals surface area contributed by atoms with Crippen LogP contribution in [0.25, 0.3) is 0 Å². The zero-order chi connectivity index (χ0) is 14.9. The number of aromatic nitrogens is 1. The molecule has 0 fully saturated rings. The van der Waals surface area contributed by atoms with E-state index in [2.05, 4.69) is 15.6 Å². The second-order valence-corrected chi connectivity index (χ2v) is 5.52. The molecule has 0 unspecified atom stereocenters. The van der Waals surface area contributed by atoms with E-state index in [1.54, 1.807) is 12.3 Å². The normalized spacial score (nSPS) is 10.6. The van der Waals surface area contributed by atoms with Crippen molar-refractivity contribution in [3.05, 3.63) is 58.2 Å². The first-order valence-electron chi connectivity index (χ1n) is 7.06. The molecule has 5 heteroatoms. The lowest BCUT2D eigenvalue weighted by Crippen LogP contribution is -2.16. The van der Waals surface area contributed by atoms with Crippen LogP contribution >= 0.6 is 23.2 Å². The first-order chi connectivity index (χ1) is 10.3. The number of benzene rings is 1. The lowest BCUT2D eigenvalue weighted by Gasteiger charge is -2.08. The molecule has 21 heavy (non-hydrogen) atoms. The Labute approximate surface area is 135 Å². The molecule has 0 aliphatic rings. The van der Waals surface area contributed by atoms with Gasteiger partial charge >= 0.3 is 0 Å². The number of nitrogens with zero attached hydrogens (tertiary/aromatic N) is 1. The Morgan fingerprint density at radius 1 is 0.952 bits per heavy atom. The molecule has 2 N–H and O–H groups in total. The number of nitrogens with one attached hydrogen (secondary N) is 2. The Morgan fingerprint density at radius 3 is 2.62 bits per heavy atom. The van der Waals surface area contributed by atoms with Crippen LogP contribution in [-0.4, -0.2) is 18.1 Å². The van der Waals surface area contributed by atoms with E-state index in [1.807, 2.05) is 30.3 Å². The highest BCUT2D eigenvalue weighted by atomic mass is 35.5. The van der Waals surface area contributed by atoms with E-state index in [4.69, 9.17) is 23.2 Å². The average molecular weight is 324 g/mol. The number of rotatable bonds is 8. The zero-order valence-electron chi connectivity index (χ0n) is 11.8. The number of hydrogen-bond acceptors (Lipinski definition) is 3. The molecule has 0 atom stereocenters. The highest BCUT2D eigenvalue weighted by Crippen LogP contribution is 2.25. The fourth-order valence-corrected chi connectivity index (χ4v) is 2.35. The average Bonchev–Trinajstić information content (AvgIpc) is 2.51. The van der Waals surface area contributed by atoms with Crippen molar-refractivity contribution >= 4 is 29.0 Å². The predicted molar refractivity (Wildman–Crippen MR) is 90.1 cm³/mol. The van der Waals surface area contributed by atoms with Crippen LogP contribution in [-0.2, 0) is 6.54 Å². The maximum atomic E-state index is 6.13. The van der Waals surface area contributed by atoms with Crippen LogP contribution in [0.4, 0.5) is 5.82 Å². The van der Waals surface area contributed by atoms with Crippen molar-refractivity contribution in [1.82, 2.24) is 10.3 Å². The Kier molecular flexibility index (Phi) is 6.80. The van der Waals surface area contributed by atoms with Crippen LogP contribution < -0.4 is 10.6 Å². The molecule has 0 aliphatic heterocycles. The molecule has 0 aliphatic carbocycles. The molecule has 0 amide bonds. The van der Waals surface area contributed by atoms with Crippen LogP contribution in [0.3, 0.4) is 0 Å². The summed E-state index contributed by atoms with van der Waals surface area (Å²) in [7, 11) is 0. The van der Waals surface area contributed by atoms with Crippen molar-refractivity contribution in [3.63, 3.8) is 0 Å². The Bertz CT molecular complexity index is 546. The van der Waals surface area contributed by atoms with E-state index in [0.717, 1.165) is 43.9 Å². The number of unbranched alkanes of at least 4 members (excludes halogenated alkanes) is 1. The molecule has 2 rings (SSSR count). The van der Waals surface area contributed by atoms with E-state index in [-0.39, 0.29) is 0 Å². The van der Waals surface area contributed by atoms with Crippen molar-refractivity contribution < 1.29 is 0 Å². The van der Waals surface area contributed by atoms with Gasteiger partial charge in [0.2, 0.25) is 0 Å². The molecule has 0 saturated heterocycles. The number of halogens is 2. The first-order valence-corrected chi connectivity index (χ1v) is 7.81. The third kappa shape index (κ3) is 5.54. The van der Waals surface area contributed by atoms with Crippen molar-refractivity contribution in [2.45, 2.75) is 19.4 Å². The molecular formula is C16H19Cl2N3. The smallest absolute Gasteiger partial charge is 0.125 e. The van der Waals surface area contributed by atoms with Gasteiger partial charge in [-0.3, -0.25) is 0 Å². The SMILES string of the molecule is Clc1cccc(CNCCCCNc2ccccn2)c1Cl. The van der Waals surface area contributed by atoms with E-state index in [1.165, 1.54) is 0 Å². The highest BCUT2D eigenvalue weighted by Gasteiger charge is 2.03. The summed E-state index contributed by atoms with van der Waals surface area (Å²) in [5, 5.41) is 7.92. The lowest BCUT2D eigenvalue weighted by molar-refractivity contribution is 0.633. The molecule has 0 bridgehead atoms. The molecule has 2 aromatic rings. The predicted octanol–water partition coefficient (Wildman–Crippen LogP) is 4.37. The fourth-order valence-electron chi connectivity index (χ4n) is 1.97. The van der Waals surface area contributed by atoms with Gasteiger partial charge in [-0.15, -0.1) is 0 Å². The molecule has 0 radical (unpaired) electrons. The van der Waals surface area contributed by atoms with E-state index in [0.29, 0.717) is 10.0 Å². The first kappa shape index (κ1) is 16.1. The number of pyridine rings is 1. The summed E-state index contributed by atoms with van der Waals surface area (Å²) < 4.78 is 0. The van der Waals surface area contributed by atoms with Crippen LogP contribution in [0.1, 0.15) is 18.4 Å². The second kappa shape index (κ2) is 8.88. The molecule has 1 heterocycles. The minimum Gasteiger partial charge on any atom is -0.370 e. The van der Waals surface area contributed by atoms with Crippen LogP contribution in [0.2, 0.25) is 10.0 Å². The Hall–Kier alpha value is -1.29. The summed E-state index contributed by atoms with van der Waals surface area (Å²) in [6.07, 6.45) is 3.98. The quantitative estimate of drug-likeness (QED) is 0.708. The minimum absolute atomic E-state index is 0.607. The molecule has 0 spiro atoms. The van der Waals surface area contributed by atoms with Gasteiger partial charge in [-0.25, -0.2) is 4.98 Å². The van der Waals surface area contributed by atoms with Crippen molar-refractivity contribution in [2.24, 2.45) is 0 Å². The monoisotopic (exact) mass is 323 g/mol. The summed E-state index contributed by atoms with van der Waals surface area (Å²) in [4.78, 5) is 4.22. The topological polar surface area (TPSA) is 37.0 Å². The minimum atomic E-state index is 0.607. The van der Waals surface area contributed by atoms with Crippen LogP contribution in [0.5, 0.6) is 0 Å². The molecule has 3 nitrogen and oxygen atoms in total. The number of hydrogen-bond donors (Lipinski definition) is 2. The van der Waals surface area contributed by atoms with Gasteiger partial charge in [0.25, 0.3) is 0 Å². The Balaban J connectivity index is 1.57. The van der Waals surface area contributed by atoms with Gasteiger partial charge in [0.1, 0.15) is 5.82 Å². The van der Waals surface area contributed by atoms with Gasteiger partial charge in [-0.1, -0.05) is 41.4 Å². The van der Waals surface area contributed by atoms with Gasteiger partial charge in [0.05, 0.1) is 10.0 Å². The van der Waals surface area contributed by atoms with Crippen molar-refractivity contribution in [1.29, 1.82) is 0 Å². The van der Waals surface area contributed by atoms with Gasteiger partial charge < -0.3 is 10.6 Å². The van der Waals surface area contributed by atoms with Crippen molar-refractivity contribution in [3.8, 4) is 0 Å². The maximum Gasteiger partial charge on any atom is 0.125 e. The third-order valence-electron chi connectivity index (χ3n) is 3.10. The summed E-state index contributed by atoms with van der Waals surface area (Å²) in [5.74, 6) is 0.927. The molecule has 112 valence electrons. The van der Waals surface area contributed by atoms with E-state index < -0.39 is 0 Å². The largest absolute Gasteiger partial charge is 0.370 e. The van der Waals surface area contributed by atoms with Crippen LogP contribution in [0.15, 0.2) is 42.6 Å². The number of anilines is 1. The maximum absolute atomic E-state index is 6.13. The summed E-state index contributed by atoms with van der Waals surface area (Å²) >= 11 is 12.1. The van der Waals surface area contributed by atoms with E-state index in [9.17, 15) is 0 Å². The zero-order valence-corrected chi connectivity index (χ0v) is 13.3. The molecule has 0 saturated carbocycles. The highest BCUT2D eigenvalue weighted by molar-refractivity contribution is 6.42. The van der Waals surface area contributed by atoms with Gasteiger partial charge in [0.15, 0.2) is 0 Å². The molecule has 1 aromatic carbocycles. The van der Waals surface area contributed by atoms with Gasteiger partial charge in [0, 0.05) is 19.3 Å². The van der Waals surface area contributed by atoms with Crippen molar-refractivity contribution in [2.75, 3.05) is 18.4 Å².